The van der Waals surface area contributed by atoms with Crippen molar-refractivity contribution in [3.05, 3.63) is 0 Å². The summed E-state index contributed by atoms with van der Waals surface area (Å²) in [5.41, 5.74) is 0.523. The van der Waals surface area contributed by atoms with Crippen molar-refractivity contribution in [2.45, 2.75) is 59.0 Å². The van der Waals surface area contributed by atoms with Crippen LogP contribution in [0.1, 0.15) is 52.9 Å². The molecule has 0 saturated heterocycles. The number of hydrogen-bond donors (Lipinski definition) is 2. The van der Waals surface area contributed by atoms with Crippen molar-refractivity contribution in [1.82, 2.24) is 0 Å². The topological polar surface area (TPSA) is 40.5 Å². The van der Waals surface area contributed by atoms with Crippen LogP contribution in [0.4, 0.5) is 0 Å². The van der Waals surface area contributed by atoms with Gasteiger partial charge in [0.25, 0.3) is 0 Å². The van der Waals surface area contributed by atoms with Crippen molar-refractivity contribution in [1.29, 1.82) is 0 Å². The van der Waals surface area contributed by atoms with Gasteiger partial charge in [-0.3, -0.25) is 0 Å². The van der Waals surface area contributed by atoms with Gasteiger partial charge in [-0.2, -0.15) is 0 Å². The van der Waals surface area contributed by atoms with Crippen LogP contribution in [0.25, 0.3) is 0 Å². The van der Waals surface area contributed by atoms with Crippen molar-refractivity contribution < 1.29 is 10.2 Å². The molecule has 0 aromatic carbocycles. The Kier molecular flexibility index (Phi) is 3.09. The van der Waals surface area contributed by atoms with E-state index in [1.165, 1.54) is 19.3 Å². The molecule has 0 unspecified atom stereocenters. The van der Waals surface area contributed by atoms with Gasteiger partial charge in [0, 0.05) is 12.5 Å². The minimum absolute atomic E-state index is 0.0887. The molecule has 0 bridgehead atoms. The lowest BCUT2D eigenvalue weighted by atomic mass is 9.48. The third-order valence-electron chi connectivity index (χ3n) is 5.54. The highest BCUT2D eigenvalue weighted by Gasteiger charge is 2.54. The Morgan fingerprint density at radius 1 is 1.12 bits per heavy atom. The van der Waals surface area contributed by atoms with Crippen LogP contribution in [0.2, 0.25) is 0 Å². The van der Waals surface area contributed by atoms with E-state index in [1.54, 1.807) is 0 Å². The molecular formula is C14H26O2. The average molecular weight is 226 g/mol. The molecule has 0 aromatic rings. The molecule has 2 fully saturated rings. The van der Waals surface area contributed by atoms with Gasteiger partial charge in [0.2, 0.25) is 0 Å². The summed E-state index contributed by atoms with van der Waals surface area (Å²) >= 11 is 0. The molecule has 2 aliphatic rings. The number of fused-ring (bicyclic) bond motifs is 1. The molecule has 0 spiro atoms. The molecule has 2 saturated carbocycles. The third-order valence-corrected chi connectivity index (χ3v) is 5.54. The molecule has 0 radical (unpaired) electrons. The molecule has 0 amide bonds. The van der Waals surface area contributed by atoms with Crippen molar-refractivity contribution in [2.24, 2.45) is 22.7 Å². The molecule has 94 valence electrons. The highest BCUT2D eigenvalue weighted by Crippen LogP contribution is 2.59. The van der Waals surface area contributed by atoms with E-state index in [1.807, 2.05) is 0 Å². The van der Waals surface area contributed by atoms with Gasteiger partial charge in [-0.05, 0) is 42.4 Å². The Morgan fingerprint density at radius 2 is 1.81 bits per heavy atom. The largest absolute Gasteiger partial charge is 0.396 e. The van der Waals surface area contributed by atoms with E-state index in [-0.39, 0.29) is 24.0 Å². The second kappa shape index (κ2) is 3.99. The summed E-state index contributed by atoms with van der Waals surface area (Å²) in [4.78, 5) is 0. The molecule has 2 N–H and O–H groups in total. The standard InChI is InChI=1S/C14H26O2/c1-13(2)7-4-8-14(3)10(9-15)11(16)5-6-12(13)14/h10-12,15-16H,4-9H2,1-3H3/t10-,11+,12-,14+/m0/s1. The monoisotopic (exact) mass is 226 g/mol. The Balaban J connectivity index is 2.31. The maximum atomic E-state index is 10.1. The summed E-state index contributed by atoms with van der Waals surface area (Å²) in [5, 5.41) is 19.7. The molecule has 0 aliphatic heterocycles. The predicted octanol–water partition coefficient (Wildman–Crippen LogP) is 2.58. The molecule has 2 aliphatic carbocycles. The summed E-state index contributed by atoms with van der Waals surface area (Å²) in [7, 11) is 0. The SMILES string of the molecule is CC1(C)CCC[C@]2(C)[C@@H](CO)[C@H](O)CC[C@@H]12. The van der Waals surface area contributed by atoms with Gasteiger partial charge in [0.1, 0.15) is 0 Å². The maximum absolute atomic E-state index is 10.1. The number of hydrogen-bond acceptors (Lipinski definition) is 2. The second-order valence-corrected chi connectivity index (χ2v) is 6.83. The fourth-order valence-corrected chi connectivity index (χ4v) is 4.64. The molecule has 0 heterocycles. The van der Waals surface area contributed by atoms with Crippen molar-refractivity contribution >= 4 is 0 Å². The van der Waals surface area contributed by atoms with Gasteiger partial charge in [-0.25, -0.2) is 0 Å². The summed E-state index contributed by atoms with van der Waals surface area (Å²) in [5.74, 6) is 0.750. The lowest BCUT2D eigenvalue weighted by molar-refractivity contribution is -0.136. The first-order valence-corrected chi connectivity index (χ1v) is 6.71. The molecule has 2 nitrogen and oxygen atoms in total. The van der Waals surface area contributed by atoms with Gasteiger partial charge >= 0.3 is 0 Å². The highest BCUT2D eigenvalue weighted by atomic mass is 16.3. The van der Waals surface area contributed by atoms with Crippen LogP contribution < -0.4 is 0 Å². The van der Waals surface area contributed by atoms with Crippen molar-refractivity contribution in [3.63, 3.8) is 0 Å². The Labute approximate surface area is 99.1 Å². The van der Waals surface area contributed by atoms with Gasteiger partial charge in [0.15, 0.2) is 0 Å². The Bertz CT molecular complexity index is 261. The van der Waals surface area contributed by atoms with Crippen LogP contribution in [-0.2, 0) is 0 Å². The molecule has 2 rings (SSSR count). The maximum Gasteiger partial charge on any atom is 0.0595 e. The lowest BCUT2D eigenvalue weighted by Gasteiger charge is -2.58. The summed E-state index contributed by atoms with van der Waals surface area (Å²) in [6.07, 6.45) is 5.41. The zero-order valence-corrected chi connectivity index (χ0v) is 10.9. The molecular weight excluding hydrogens is 200 g/mol. The first kappa shape index (κ1) is 12.4. The predicted molar refractivity (Wildman–Crippen MR) is 65.0 cm³/mol. The first-order chi connectivity index (χ1) is 7.42. The van der Waals surface area contributed by atoms with Crippen LogP contribution in [0.15, 0.2) is 0 Å². The van der Waals surface area contributed by atoms with Crippen LogP contribution in [0.5, 0.6) is 0 Å². The Hall–Kier alpha value is -0.0800. The number of aliphatic hydroxyl groups excluding tert-OH is 2. The van der Waals surface area contributed by atoms with Gasteiger partial charge in [-0.15, -0.1) is 0 Å². The highest BCUT2D eigenvalue weighted by molar-refractivity contribution is 5.03. The van der Waals surface area contributed by atoms with Gasteiger partial charge < -0.3 is 10.2 Å². The van der Waals surface area contributed by atoms with E-state index in [0.29, 0.717) is 11.3 Å². The van der Waals surface area contributed by atoms with Gasteiger partial charge in [0.05, 0.1) is 6.10 Å². The van der Waals surface area contributed by atoms with E-state index in [0.717, 1.165) is 12.8 Å². The summed E-state index contributed by atoms with van der Waals surface area (Å²) < 4.78 is 0. The van der Waals surface area contributed by atoms with E-state index in [2.05, 4.69) is 20.8 Å². The van der Waals surface area contributed by atoms with Crippen molar-refractivity contribution in [2.75, 3.05) is 6.61 Å². The van der Waals surface area contributed by atoms with Crippen LogP contribution >= 0.6 is 0 Å². The quantitative estimate of drug-likeness (QED) is 0.721. The summed E-state index contributed by atoms with van der Waals surface area (Å²) in [6, 6.07) is 0. The lowest BCUT2D eigenvalue weighted by Crippen LogP contribution is -2.54. The van der Waals surface area contributed by atoms with Crippen molar-refractivity contribution in [3.8, 4) is 0 Å². The number of aliphatic hydroxyl groups is 2. The smallest absolute Gasteiger partial charge is 0.0595 e. The van der Waals surface area contributed by atoms with Crippen LogP contribution in [0, 0.1) is 22.7 Å². The normalized spacial score (nSPS) is 47.4. The molecule has 4 atom stereocenters. The minimum atomic E-state index is -0.292. The number of rotatable bonds is 1. The fraction of sp³-hybridized carbons (Fsp3) is 1.00. The zero-order chi connectivity index (χ0) is 12.0. The average Bonchev–Trinajstić information content (AvgIpc) is 2.15. The van der Waals surface area contributed by atoms with E-state index in [9.17, 15) is 10.2 Å². The molecule has 16 heavy (non-hydrogen) atoms. The fourth-order valence-electron chi connectivity index (χ4n) is 4.64. The van der Waals surface area contributed by atoms with Crippen LogP contribution in [0.3, 0.4) is 0 Å². The van der Waals surface area contributed by atoms with Gasteiger partial charge in [-0.1, -0.05) is 27.2 Å². The Morgan fingerprint density at radius 3 is 2.44 bits per heavy atom. The van der Waals surface area contributed by atoms with Crippen LogP contribution in [-0.4, -0.2) is 22.9 Å². The van der Waals surface area contributed by atoms with E-state index < -0.39 is 0 Å². The molecule has 0 aromatic heterocycles. The second-order valence-electron chi connectivity index (χ2n) is 6.83. The molecule has 2 heteroatoms. The third kappa shape index (κ3) is 1.70. The van der Waals surface area contributed by atoms with E-state index >= 15 is 0 Å². The summed E-state index contributed by atoms with van der Waals surface area (Å²) in [6.45, 7) is 7.16. The van der Waals surface area contributed by atoms with E-state index in [4.69, 9.17) is 0 Å². The zero-order valence-electron chi connectivity index (χ0n) is 10.9. The minimum Gasteiger partial charge on any atom is -0.396 e. The first-order valence-electron chi connectivity index (χ1n) is 6.71.